The first-order valence-electron chi connectivity index (χ1n) is 5.43. The third kappa shape index (κ3) is 4.45. The van der Waals surface area contributed by atoms with E-state index in [1.54, 1.807) is 6.26 Å². The zero-order valence-electron chi connectivity index (χ0n) is 10.4. The summed E-state index contributed by atoms with van der Waals surface area (Å²) in [7, 11) is 0. The van der Waals surface area contributed by atoms with Gasteiger partial charge in [-0.15, -0.1) is 0 Å². The van der Waals surface area contributed by atoms with Gasteiger partial charge in [0.05, 0.1) is 6.26 Å². The molecule has 0 amide bonds. The van der Waals surface area contributed by atoms with Crippen LogP contribution in [-0.2, 0) is 16.6 Å². The Labute approximate surface area is 101 Å². The van der Waals surface area contributed by atoms with Crippen LogP contribution in [-0.4, -0.2) is 23.2 Å². The summed E-state index contributed by atoms with van der Waals surface area (Å²) >= 11 is -0.783. The third-order valence-corrected chi connectivity index (χ3v) is 3.10. The molecule has 0 saturated heterocycles. The van der Waals surface area contributed by atoms with Crippen molar-refractivity contribution in [2.45, 2.75) is 26.2 Å². The topological polar surface area (TPSA) is 32.3 Å². The molecule has 0 spiro atoms. The lowest BCUT2D eigenvalue weighted by molar-refractivity contribution is 0.341. The molecular weight excluding hydrogens is 220 g/mol. The molecule has 1 unspecified atom stereocenters. The predicted octanol–water partition coefficient (Wildman–Crippen LogP) is 2.74. The summed E-state index contributed by atoms with van der Waals surface area (Å²) in [6.07, 6.45) is 1.69. The lowest BCUT2D eigenvalue weighted by Gasteiger charge is -2.19. The Kier molecular flexibility index (Phi) is 4.69. The Bertz CT molecular complexity index is 312. The molecule has 0 aliphatic carbocycles. The Morgan fingerprint density at radius 1 is 1.19 bits per heavy atom. The monoisotopic (exact) mass is 240 g/mol. The summed E-state index contributed by atoms with van der Waals surface area (Å²) in [6, 6.07) is 8.11. The second kappa shape index (κ2) is 5.60. The van der Waals surface area contributed by atoms with Crippen LogP contribution in [0.15, 0.2) is 24.3 Å². The Morgan fingerprint density at radius 3 is 2.19 bits per heavy atom. The minimum Gasteiger partial charge on any atom is -0.616 e. The first-order chi connectivity index (χ1) is 7.39. The molecule has 0 saturated carbocycles. The maximum absolute atomic E-state index is 10.9. The van der Waals surface area contributed by atoms with E-state index in [4.69, 9.17) is 4.74 Å². The minimum absolute atomic E-state index is 0.170. The van der Waals surface area contributed by atoms with Crippen molar-refractivity contribution in [1.82, 2.24) is 0 Å². The molecule has 1 aromatic carbocycles. The number of ether oxygens (including phenoxy) is 1. The lowest BCUT2D eigenvalue weighted by Crippen LogP contribution is -2.13. The van der Waals surface area contributed by atoms with Gasteiger partial charge in [-0.1, -0.05) is 44.1 Å². The standard InChI is InChI=1S/C13H20O2S/c1-13(2,3)11-5-7-12(8-6-11)15-9-10-16(4)14/h5-8H,9-10H2,1-4H3. The average molecular weight is 240 g/mol. The summed E-state index contributed by atoms with van der Waals surface area (Å²) in [6.45, 7) is 7.06. The molecule has 2 nitrogen and oxygen atoms in total. The Hall–Kier alpha value is -0.670. The molecule has 0 fully saturated rings. The van der Waals surface area contributed by atoms with Gasteiger partial charge in [-0.05, 0) is 23.1 Å². The van der Waals surface area contributed by atoms with Gasteiger partial charge >= 0.3 is 0 Å². The molecular formula is C13H20O2S. The van der Waals surface area contributed by atoms with Gasteiger partial charge in [0.1, 0.15) is 18.1 Å². The van der Waals surface area contributed by atoms with E-state index in [0.717, 1.165) is 5.75 Å². The Balaban J connectivity index is 2.52. The molecule has 1 aromatic rings. The van der Waals surface area contributed by atoms with E-state index >= 15 is 0 Å². The molecule has 0 radical (unpaired) electrons. The second-order valence-electron chi connectivity index (χ2n) is 4.90. The van der Waals surface area contributed by atoms with Crippen LogP contribution < -0.4 is 4.74 Å². The van der Waals surface area contributed by atoms with Gasteiger partial charge < -0.3 is 9.29 Å². The maximum Gasteiger partial charge on any atom is 0.139 e. The second-order valence-corrected chi connectivity index (χ2v) is 6.45. The maximum atomic E-state index is 10.9. The molecule has 16 heavy (non-hydrogen) atoms. The highest BCUT2D eigenvalue weighted by Crippen LogP contribution is 2.24. The third-order valence-electron chi connectivity index (χ3n) is 2.36. The molecule has 0 heterocycles. The van der Waals surface area contributed by atoms with Gasteiger partial charge in [-0.25, -0.2) is 0 Å². The summed E-state index contributed by atoms with van der Waals surface area (Å²) in [5.74, 6) is 1.43. The van der Waals surface area contributed by atoms with Gasteiger partial charge in [0, 0.05) is 0 Å². The molecule has 90 valence electrons. The largest absolute Gasteiger partial charge is 0.616 e. The average Bonchev–Trinajstić information content (AvgIpc) is 2.16. The van der Waals surface area contributed by atoms with E-state index in [-0.39, 0.29) is 5.41 Å². The van der Waals surface area contributed by atoms with Crippen LogP contribution in [0.1, 0.15) is 26.3 Å². The minimum atomic E-state index is -0.783. The van der Waals surface area contributed by atoms with E-state index in [9.17, 15) is 4.55 Å². The fourth-order valence-electron chi connectivity index (χ4n) is 1.33. The van der Waals surface area contributed by atoms with E-state index in [0.29, 0.717) is 12.4 Å². The zero-order chi connectivity index (χ0) is 12.2. The summed E-state index contributed by atoms with van der Waals surface area (Å²) in [4.78, 5) is 0. The van der Waals surface area contributed by atoms with Gasteiger partial charge in [0.25, 0.3) is 0 Å². The van der Waals surface area contributed by atoms with Crippen molar-refractivity contribution < 1.29 is 9.29 Å². The first kappa shape index (κ1) is 13.4. The molecule has 0 aliphatic rings. The summed E-state index contributed by atoms with van der Waals surface area (Å²) in [5.41, 5.74) is 1.46. The number of hydrogen-bond donors (Lipinski definition) is 0. The molecule has 1 atom stereocenters. The van der Waals surface area contributed by atoms with E-state index < -0.39 is 11.2 Å². The summed E-state index contributed by atoms with van der Waals surface area (Å²) < 4.78 is 16.3. The molecule has 0 aromatic heterocycles. The zero-order valence-corrected chi connectivity index (χ0v) is 11.3. The van der Waals surface area contributed by atoms with Gasteiger partial charge in [0.2, 0.25) is 0 Å². The van der Waals surface area contributed by atoms with Gasteiger partial charge in [-0.2, -0.15) is 0 Å². The fraction of sp³-hybridized carbons (Fsp3) is 0.538. The van der Waals surface area contributed by atoms with Crippen LogP contribution in [0, 0.1) is 0 Å². The van der Waals surface area contributed by atoms with E-state index in [1.165, 1.54) is 5.56 Å². The van der Waals surface area contributed by atoms with E-state index in [2.05, 4.69) is 32.9 Å². The van der Waals surface area contributed by atoms with Crippen molar-refractivity contribution in [3.05, 3.63) is 29.8 Å². The van der Waals surface area contributed by atoms with Crippen molar-refractivity contribution in [3.63, 3.8) is 0 Å². The van der Waals surface area contributed by atoms with Gasteiger partial charge in [-0.3, -0.25) is 0 Å². The van der Waals surface area contributed by atoms with Crippen LogP contribution in [0.5, 0.6) is 5.75 Å². The normalized spacial score (nSPS) is 13.6. The highest BCUT2D eigenvalue weighted by atomic mass is 32.2. The molecule has 0 aliphatic heterocycles. The van der Waals surface area contributed by atoms with E-state index in [1.807, 2.05) is 12.1 Å². The van der Waals surface area contributed by atoms with Crippen LogP contribution in [0.3, 0.4) is 0 Å². The quantitative estimate of drug-likeness (QED) is 0.758. The van der Waals surface area contributed by atoms with Crippen molar-refractivity contribution in [2.24, 2.45) is 0 Å². The van der Waals surface area contributed by atoms with Crippen LogP contribution in [0.4, 0.5) is 0 Å². The van der Waals surface area contributed by atoms with Crippen LogP contribution in [0.2, 0.25) is 0 Å². The molecule has 3 heteroatoms. The Morgan fingerprint density at radius 2 is 1.75 bits per heavy atom. The highest BCUT2D eigenvalue weighted by Gasteiger charge is 2.12. The van der Waals surface area contributed by atoms with Crippen LogP contribution in [0.25, 0.3) is 0 Å². The van der Waals surface area contributed by atoms with Gasteiger partial charge in [0.15, 0.2) is 0 Å². The number of benzene rings is 1. The predicted molar refractivity (Wildman–Crippen MR) is 69.6 cm³/mol. The SMILES string of the molecule is C[S+]([O-])CCOc1ccc(C(C)(C)C)cc1. The van der Waals surface area contributed by atoms with Crippen molar-refractivity contribution in [2.75, 3.05) is 18.6 Å². The lowest BCUT2D eigenvalue weighted by atomic mass is 9.87. The van der Waals surface area contributed by atoms with Crippen molar-refractivity contribution >= 4 is 11.2 Å². The molecule has 1 rings (SSSR count). The fourth-order valence-corrected chi connectivity index (χ4v) is 1.65. The summed E-state index contributed by atoms with van der Waals surface area (Å²) in [5, 5.41) is 0. The number of rotatable bonds is 4. The number of hydrogen-bond acceptors (Lipinski definition) is 2. The highest BCUT2D eigenvalue weighted by molar-refractivity contribution is 7.90. The van der Waals surface area contributed by atoms with Crippen molar-refractivity contribution in [1.29, 1.82) is 0 Å². The molecule has 0 N–H and O–H groups in total. The molecule has 0 bridgehead atoms. The smallest absolute Gasteiger partial charge is 0.139 e. The first-order valence-corrected chi connectivity index (χ1v) is 7.15. The van der Waals surface area contributed by atoms with Crippen LogP contribution >= 0.6 is 0 Å². The van der Waals surface area contributed by atoms with Crippen molar-refractivity contribution in [3.8, 4) is 5.75 Å².